The molecule has 0 radical (unpaired) electrons. The third-order valence-electron chi connectivity index (χ3n) is 2.84. The second-order valence-corrected chi connectivity index (χ2v) is 7.56. The lowest BCUT2D eigenvalue weighted by atomic mass is 10.2. The van der Waals surface area contributed by atoms with E-state index < -0.39 is 10.0 Å². The van der Waals surface area contributed by atoms with Crippen molar-refractivity contribution >= 4 is 39.0 Å². The Morgan fingerprint density at radius 2 is 1.95 bits per heavy atom. The Morgan fingerprint density at radius 1 is 1.42 bits per heavy atom. The van der Waals surface area contributed by atoms with Gasteiger partial charge in [0, 0.05) is 24.4 Å². The van der Waals surface area contributed by atoms with E-state index in [-0.39, 0.29) is 15.9 Å². The van der Waals surface area contributed by atoms with Crippen LogP contribution < -0.4 is 5.73 Å². The van der Waals surface area contributed by atoms with Gasteiger partial charge in [0.15, 0.2) is 0 Å². The molecule has 0 saturated heterocycles. The largest absolute Gasteiger partial charge is 0.389 e. The molecule has 1 aromatic rings. The van der Waals surface area contributed by atoms with E-state index in [9.17, 15) is 8.42 Å². The average molecular weight is 318 g/mol. The highest BCUT2D eigenvalue weighted by atomic mass is 32.2. The van der Waals surface area contributed by atoms with Crippen molar-refractivity contribution in [3.05, 3.63) is 29.8 Å². The predicted molar refractivity (Wildman–Crippen MR) is 85.1 cm³/mol. The first-order valence-corrected chi connectivity index (χ1v) is 8.91. The molecule has 4 nitrogen and oxygen atoms in total. The van der Waals surface area contributed by atoms with Crippen molar-refractivity contribution in [1.29, 1.82) is 0 Å². The zero-order valence-corrected chi connectivity index (χ0v) is 13.6. The first-order valence-electron chi connectivity index (χ1n) is 5.67. The lowest BCUT2D eigenvalue weighted by Crippen LogP contribution is -2.36. The molecule has 2 N–H and O–H groups in total. The number of nitrogens with two attached hydrogens (primary N) is 1. The summed E-state index contributed by atoms with van der Waals surface area (Å²) in [5.74, 6) is 0.751. The van der Waals surface area contributed by atoms with Crippen LogP contribution >= 0.6 is 24.0 Å². The second kappa shape index (κ2) is 6.69. The molecule has 0 amide bonds. The van der Waals surface area contributed by atoms with Gasteiger partial charge in [-0.3, -0.25) is 0 Å². The fourth-order valence-corrected chi connectivity index (χ4v) is 3.84. The molecule has 0 aromatic heterocycles. The zero-order chi connectivity index (χ0) is 14.6. The number of nitrogens with zero attached hydrogens (tertiary/aromatic N) is 1. The molecule has 1 aromatic carbocycles. The molecule has 1 rings (SSSR count). The molecule has 19 heavy (non-hydrogen) atoms. The van der Waals surface area contributed by atoms with Gasteiger partial charge in [-0.05, 0) is 25.3 Å². The summed E-state index contributed by atoms with van der Waals surface area (Å²) < 4.78 is 26.2. The van der Waals surface area contributed by atoms with Crippen molar-refractivity contribution in [2.24, 2.45) is 5.73 Å². The van der Waals surface area contributed by atoms with E-state index >= 15 is 0 Å². The Morgan fingerprint density at radius 3 is 2.37 bits per heavy atom. The van der Waals surface area contributed by atoms with E-state index in [1.165, 1.54) is 16.4 Å². The average Bonchev–Trinajstić information content (AvgIpc) is 2.38. The molecule has 1 atom stereocenters. The first kappa shape index (κ1) is 16.4. The van der Waals surface area contributed by atoms with Gasteiger partial charge in [0.25, 0.3) is 0 Å². The summed E-state index contributed by atoms with van der Waals surface area (Å²) in [6.45, 7) is 1.89. The lowest BCUT2D eigenvalue weighted by Gasteiger charge is -2.23. The zero-order valence-electron chi connectivity index (χ0n) is 11.2. The molecule has 7 heteroatoms. The van der Waals surface area contributed by atoms with Crippen LogP contribution in [0, 0.1) is 0 Å². The van der Waals surface area contributed by atoms with E-state index in [0.717, 1.165) is 5.75 Å². The van der Waals surface area contributed by atoms with E-state index in [2.05, 4.69) is 0 Å². The van der Waals surface area contributed by atoms with Gasteiger partial charge in [-0.2, -0.15) is 16.1 Å². The Balaban J connectivity index is 3.03. The third-order valence-corrected chi connectivity index (χ3v) is 5.88. The van der Waals surface area contributed by atoms with Gasteiger partial charge in [0.2, 0.25) is 10.0 Å². The van der Waals surface area contributed by atoms with Crippen LogP contribution in [0.4, 0.5) is 0 Å². The van der Waals surface area contributed by atoms with Gasteiger partial charge >= 0.3 is 0 Å². The molecule has 0 saturated carbocycles. The first-order chi connectivity index (χ1) is 8.80. The molecule has 0 fully saturated rings. The standard InChI is InChI=1S/C12H18N2O2S3/c1-9(8-18-3)14(2)19(15,16)11-6-4-10(5-7-11)12(13)17/h4-7,9H,8H2,1-3H3,(H2,13,17). The monoisotopic (exact) mass is 318 g/mol. The number of benzene rings is 1. The molecule has 1 unspecified atom stereocenters. The summed E-state index contributed by atoms with van der Waals surface area (Å²) in [7, 11) is -1.87. The van der Waals surface area contributed by atoms with Crippen molar-refractivity contribution < 1.29 is 8.42 Å². The molecule has 106 valence electrons. The van der Waals surface area contributed by atoms with Crippen LogP contribution in [-0.4, -0.2) is 42.8 Å². The molecular formula is C12H18N2O2S3. The minimum atomic E-state index is -3.47. The summed E-state index contributed by atoms with van der Waals surface area (Å²) in [4.78, 5) is 0.510. The summed E-state index contributed by atoms with van der Waals surface area (Å²) >= 11 is 6.46. The van der Waals surface area contributed by atoms with Crippen LogP contribution in [0.1, 0.15) is 12.5 Å². The molecule has 0 aliphatic rings. The number of sulfonamides is 1. The van der Waals surface area contributed by atoms with Gasteiger partial charge in [-0.1, -0.05) is 24.4 Å². The minimum Gasteiger partial charge on any atom is -0.389 e. The number of thioether (sulfide) groups is 1. The van der Waals surface area contributed by atoms with Gasteiger partial charge < -0.3 is 5.73 Å². The quantitative estimate of drug-likeness (QED) is 0.809. The van der Waals surface area contributed by atoms with Crippen molar-refractivity contribution in [2.45, 2.75) is 17.9 Å². The maximum absolute atomic E-state index is 12.4. The van der Waals surface area contributed by atoms with E-state index in [4.69, 9.17) is 18.0 Å². The normalized spacial score (nSPS) is 13.5. The Hall–Kier alpha value is -0.630. The lowest BCUT2D eigenvalue weighted by molar-refractivity contribution is 0.415. The fourth-order valence-electron chi connectivity index (χ4n) is 1.54. The van der Waals surface area contributed by atoms with Crippen molar-refractivity contribution in [1.82, 2.24) is 4.31 Å². The molecule has 0 aliphatic carbocycles. The summed E-state index contributed by atoms with van der Waals surface area (Å²) in [6, 6.07) is 6.26. The third kappa shape index (κ3) is 3.92. The summed E-state index contributed by atoms with van der Waals surface area (Å²) in [5, 5.41) is 0. The summed E-state index contributed by atoms with van der Waals surface area (Å²) in [5.41, 5.74) is 6.15. The van der Waals surface area contributed by atoms with E-state index in [1.807, 2.05) is 13.2 Å². The second-order valence-electron chi connectivity index (χ2n) is 4.21. The molecule has 0 spiro atoms. The smallest absolute Gasteiger partial charge is 0.243 e. The molecule has 0 aliphatic heterocycles. The van der Waals surface area contributed by atoms with Gasteiger partial charge in [-0.15, -0.1) is 0 Å². The number of hydrogen-bond acceptors (Lipinski definition) is 4. The Bertz CT molecular complexity index is 541. The van der Waals surface area contributed by atoms with Crippen LogP contribution in [0.15, 0.2) is 29.2 Å². The minimum absolute atomic E-state index is 0.0599. The summed E-state index contributed by atoms with van der Waals surface area (Å²) in [6.07, 6.45) is 1.95. The van der Waals surface area contributed by atoms with Crippen LogP contribution in [-0.2, 0) is 10.0 Å². The van der Waals surface area contributed by atoms with Gasteiger partial charge in [-0.25, -0.2) is 8.42 Å². The van der Waals surface area contributed by atoms with Crippen LogP contribution in [0.2, 0.25) is 0 Å². The number of rotatable bonds is 6. The maximum atomic E-state index is 12.4. The number of hydrogen-bond donors (Lipinski definition) is 1. The van der Waals surface area contributed by atoms with Crippen LogP contribution in [0.5, 0.6) is 0 Å². The van der Waals surface area contributed by atoms with Crippen LogP contribution in [0.3, 0.4) is 0 Å². The Kier molecular flexibility index (Phi) is 5.79. The number of thiocarbonyl (C=S) groups is 1. The van der Waals surface area contributed by atoms with E-state index in [1.54, 1.807) is 30.9 Å². The highest BCUT2D eigenvalue weighted by Crippen LogP contribution is 2.18. The van der Waals surface area contributed by atoms with Crippen LogP contribution in [0.25, 0.3) is 0 Å². The van der Waals surface area contributed by atoms with E-state index in [0.29, 0.717) is 5.56 Å². The highest BCUT2D eigenvalue weighted by Gasteiger charge is 2.24. The highest BCUT2D eigenvalue weighted by molar-refractivity contribution is 7.98. The molecular weight excluding hydrogens is 300 g/mol. The predicted octanol–water partition coefficient (Wildman–Crippen LogP) is 1.69. The molecule has 0 heterocycles. The maximum Gasteiger partial charge on any atom is 0.243 e. The van der Waals surface area contributed by atoms with Gasteiger partial charge in [0.05, 0.1) is 4.90 Å². The van der Waals surface area contributed by atoms with Crippen molar-refractivity contribution in [2.75, 3.05) is 19.1 Å². The molecule has 0 bridgehead atoms. The van der Waals surface area contributed by atoms with Crippen molar-refractivity contribution in [3.8, 4) is 0 Å². The Labute approximate surface area is 124 Å². The van der Waals surface area contributed by atoms with Crippen molar-refractivity contribution in [3.63, 3.8) is 0 Å². The van der Waals surface area contributed by atoms with Gasteiger partial charge in [0.1, 0.15) is 4.99 Å². The fraction of sp³-hybridized carbons (Fsp3) is 0.417. The SMILES string of the molecule is CSCC(C)N(C)S(=O)(=O)c1ccc(C(N)=S)cc1. The topological polar surface area (TPSA) is 63.4 Å².